The van der Waals surface area contributed by atoms with Gasteiger partial charge in [0, 0.05) is 24.5 Å². The molecule has 0 bridgehead atoms. The van der Waals surface area contributed by atoms with Gasteiger partial charge >= 0.3 is 0 Å². The molecule has 1 aliphatic rings. The zero-order valence-corrected chi connectivity index (χ0v) is 11.8. The Balaban J connectivity index is 1.81. The molecule has 1 saturated heterocycles. The molecular formula is C16H19NO3. The standard InChI is InChI=1S/C16H19NO3/c1-11(2)17-7-8-19-15(10-17)16(18)14-9-12-5-3-4-6-13(12)20-14/h3-6,9,11,15H,7-8,10H2,1-2H3. The number of morpholine rings is 1. The fourth-order valence-corrected chi connectivity index (χ4v) is 2.56. The highest BCUT2D eigenvalue weighted by Gasteiger charge is 2.30. The number of hydrogen-bond acceptors (Lipinski definition) is 4. The van der Waals surface area contributed by atoms with E-state index in [0.29, 0.717) is 25.0 Å². The predicted molar refractivity (Wildman–Crippen MR) is 77.0 cm³/mol. The lowest BCUT2D eigenvalue weighted by Crippen LogP contribution is -2.48. The third-order valence-electron chi connectivity index (χ3n) is 3.79. The van der Waals surface area contributed by atoms with Gasteiger partial charge in [-0.25, -0.2) is 0 Å². The largest absolute Gasteiger partial charge is 0.453 e. The number of ether oxygens (including phenoxy) is 1. The van der Waals surface area contributed by atoms with Crippen LogP contribution in [0.15, 0.2) is 34.7 Å². The van der Waals surface area contributed by atoms with Crippen molar-refractivity contribution in [2.45, 2.75) is 26.0 Å². The number of hydrogen-bond donors (Lipinski definition) is 0. The van der Waals surface area contributed by atoms with Crippen molar-refractivity contribution < 1.29 is 13.9 Å². The van der Waals surface area contributed by atoms with Crippen molar-refractivity contribution in [1.29, 1.82) is 0 Å². The molecule has 0 amide bonds. The van der Waals surface area contributed by atoms with E-state index < -0.39 is 6.10 Å². The van der Waals surface area contributed by atoms with Crippen LogP contribution in [0.2, 0.25) is 0 Å². The molecule has 0 aliphatic carbocycles. The van der Waals surface area contributed by atoms with Crippen LogP contribution in [0.25, 0.3) is 11.0 Å². The number of carbonyl (C=O) groups excluding carboxylic acids is 1. The highest BCUT2D eigenvalue weighted by atomic mass is 16.5. The van der Waals surface area contributed by atoms with Gasteiger partial charge in [-0.15, -0.1) is 0 Å². The number of furan rings is 1. The maximum absolute atomic E-state index is 12.5. The van der Waals surface area contributed by atoms with Crippen LogP contribution in [0.4, 0.5) is 0 Å². The van der Waals surface area contributed by atoms with E-state index in [1.54, 1.807) is 6.07 Å². The normalized spacial score (nSPS) is 20.6. The second-order valence-electron chi connectivity index (χ2n) is 5.46. The third-order valence-corrected chi connectivity index (χ3v) is 3.79. The average Bonchev–Trinajstić information content (AvgIpc) is 2.90. The number of rotatable bonds is 3. The molecule has 1 fully saturated rings. The number of para-hydroxylation sites is 1. The molecule has 4 nitrogen and oxygen atoms in total. The molecule has 4 heteroatoms. The van der Waals surface area contributed by atoms with Gasteiger partial charge < -0.3 is 9.15 Å². The van der Waals surface area contributed by atoms with Gasteiger partial charge in [-0.3, -0.25) is 9.69 Å². The Morgan fingerprint density at radius 3 is 2.90 bits per heavy atom. The highest BCUT2D eigenvalue weighted by Crippen LogP contribution is 2.21. The Morgan fingerprint density at radius 1 is 1.35 bits per heavy atom. The van der Waals surface area contributed by atoms with Crippen LogP contribution in [0, 0.1) is 0 Å². The summed E-state index contributed by atoms with van der Waals surface area (Å²) in [6.45, 7) is 6.37. The highest BCUT2D eigenvalue weighted by molar-refractivity contribution is 6.00. The van der Waals surface area contributed by atoms with Gasteiger partial charge in [0.2, 0.25) is 5.78 Å². The topological polar surface area (TPSA) is 42.7 Å². The van der Waals surface area contributed by atoms with E-state index in [4.69, 9.17) is 9.15 Å². The van der Waals surface area contributed by atoms with Gasteiger partial charge in [0.05, 0.1) is 6.61 Å². The van der Waals surface area contributed by atoms with Crippen molar-refractivity contribution in [1.82, 2.24) is 4.90 Å². The summed E-state index contributed by atoms with van der Waals surface area (Å²) in [7, 11) is 0. The van der Waals surface area contributed by atoms with Crippen LogP contribution < -0.4 is 0 Å². The van der Waals surface area contributed by atoms with E-state index in [9.17, 15) is 4.79 Å². The molecule has 1 aliphatic heterocycles. The summed E-state index contributed by atoms with van der Waals surface area (Å²) in [4.78, 5) is 14.8. The maximum Gasteiger partial charge on any atom is 0.227 e. The Bertz CT molecular complexity index is 584. The Hall–Kier alpha value is -1.65. The number of nitrogens with zero attached hydrogens (tertiary/aromatic N) is 1. The Kier molecular flexibility index (Phi) is 3.59. The van der Waals surface area contributed by atoms with Crippen molar-refractivity contribution in [3.63, 3.8) is 0 Å². The molecule has 1 unspecified atom stereocenters. The molecule has 0 N–H and O–H groups in total. The smallest absolute Gasteiger partial charge is 0.227 e. The molecule has 0 saturated carbocycles. The van der Waals surface area contributed by atoms with Crippen LogP contribution in [-0.2, 0) is 4.74 Å². The lowest BCUT2D eigenvalue weighted by molar-refractivity contribution is -0.0266. The van der Waals surface area contributed by atoms with E-state index in [2.05, 4.69) is 18.7 Å². The molecule has 1 atom stereocenters. The molecule has 0 spiro atoms. The maximum atomic E-state index is 12.5. The second kappa shape index (κ2) is 5.38. The molecule has 1 aromatic carbocycles. The lowest BCUT2D eigenvalue weighted by atomic mass is 10.1. The minimum absolute atomic E-state index is 0.0634. The summed E-state index contributed by atoms with van der Waals surface area (Å²) in [6, 6.07) is 9.87. The van der Waals surface area contributed by atoms with Crippen LogP contribution >= 0.6 is 0 Å². The summed E-state index contributed by atoms with van der Waals surface area (Å²) in [5.41, 5.74) is 0.743. The molecule has 106 valence electrons. The molecule has 3 rings (SSSR count). The third kappa shape index (κ3) is 2.49. The SMILES string of the molecule is CC(C)N1CCOC(C(=O)c2cc3ccccc3o2)C1. The molecule has 2 aromatic rings. The monoisotopic (exact) mass is 273 g/mol. The quantitative estimate of drug-likeness (QED) is 0.806. The number of Topliss-reactive ketones (excluding diaryl/α,β-unsaturated/α-hetero) is 1. The number of fused-ring (bicyclic) bond motifs is 1. The van der Waals surface area contributed by atoms with Crippen molar-refractivity contribution >= 4 is 16.8 Å². The summed E-state index contributed by atoms with van der Waals surface area (Å²) in [5.74, 6) is 0.327. The molecule has 2 heterocycles. The van der Waals surface area contributed by atoms with Crippen molar-refractivity contribution in [2.24, 2.45) is 0 Å². The summed E-state index contributed by atoms with van der Waals surface area (Å²) in [5, 5.41) is 0.951. The first kappa shape index (κ1) is 13.3. The minimum Gasteiger partial charge on any atom is -0.453 e. The predicted octanol–water partition coefficient (Wildman–Crippen LogP) is 2.72. The summed E-state index contributed by atoms with van der Waals surface area (Å²) in [6.07, 6.45) is -0.424. The van der Waals surface area contributed by atoms with E-state index in [1.165, 1.54) is 0 Å². The van der Waals surface area contributed by atoms with Gasteiger partial charge in [0.25, 0.3) is 0 Å². The van der Waals surface area contributed by atoms with Crippen LogP contribution in [0.3, 0.4) is 0 Å². The number of ketones is 1. The average molecular weight is 273 g/mol. The number of benzene rings is 1. The van der Waals surface area contributed by atoms with E-state index in [1.807, 2.05) is 24.3 Å². The van der Waals surface area contributed by atoms with Crippen LogP contribution in [-0.4, -0.2) is 42.5 Å². The Morgan fingerprint density at radius 2 is 2.15 bits per heavy atom. The fourth-order valence-electron chi connectivity index (χ4n) is 2.56. The van der Waals surface area contributed by atoms with Gasteiger partial charge in [-0.2, -0.15) is 0 Å². The van der Waals surface area contributed by atoms with Crippen molar-refractivity contribution in [3.8, 4) is 0 Å². The van der Waals surface area contributed by atoms with Gasteiger partial charge in [0.15, 0.2) is 5.76 Å². The number of carbonyl (C=O) groups is 1. The zero-order valence-electron chi connectivity index (χ0n) is 11.8. The lowest BCUT2D eigenvalue weighted by Gasteiger charge is -2.34. The van der Waals surface area contributed by atoms with Crippen LogP contribution in [0.1, 0.15) is 24.4 Å². The first-order chi connectivity index (χ1) is 9.65. The Labute approximate surface area is 118 Å². The van der Waals surface area contributed by atoms with Crippen LogP contribution in [0.5, 0.6) is 0 Å². The van der Waals surface area contributed by atoms with E-state index in [0.717, 1.165) is 17.5 Å². The molecule has 20 heavy (non-hydrogen) atoms. The minimum atomic E-state index is -0.424. The zero-order chi connectivity index (χ0) is 14.1. The first-order valence-corrected chi connectivity index (χ1v) is 7.03. The van der Waals surface area contributed by atoms with Crippen molar-refractivity contribution in [2.75, 3.05) is 19.7 Å². The van der Waals surface area contributed by atoms with E-state index >= 15 is 0 Å². The first-order valence-electron chi connectivity index (χ1n) is 7.03. The second-order valence-corrected chi connectivity index (χ2v) is 5.46. The molecular weight excluding hydrogens is 254 g/mol. The summed E-state index contributed by atoms with van der Waals surface area (Å²) >= 11 is 0. The van der Waals surface area contributed by atoms with Crippen molar-refractivity contribution in [3.05, 3.63) is 36.1 Å². The van der Waals surface area contributed by atoms with Gasteiger partial charge in [0.1, 0.15) is 11.7 Å². The summed E-state index contributed by atoms with van der Waals surface area (Å²) < 4.78 is 11.3. The molecule has 1 aromatic heterocycles. The van der Waals surface area contributed by atoms with Gasteiger partial charge in [-0.1, -0.05) is 18.2 Å². The molecule has 0 radical (unpaired) electrons. The van der Waals surface area contributed by atoms with Gasteiger partial charge in [-0.05, 0) is 26.0 Å². The fraction of sp³-hybridized carbons (Fsp3) is 0.438. The van der Waals surface area contributed by atoms with E-state index in [-0.39, 0.29) is 5.78 Å².